The lowest BCUT2D eigenvalue weighted by atomic mass is 10.1. The van der Waals surface area contributed by atoms with Crippen molar-refractivity contribution in [3.05, 3.63) is 47.5 Å². The van der Waals surface area contributed by atoms with Crippen LogP contribution in [0.15, 0.2) is 36.4 Å². The molecule has 3 rings (SSSR count). The molecular formula is C34H55N3O5. The molecule has 0 aliphatic carbocycles. The monoisotopic (exact) mass is 585 g/mol. The van der Waals surface area contributed by atoms with Crippen molar-refractivity contribution in [3.8, 4) is 17.2 Å². The highest BCUT2D eigenvalue weighted by atomic mass is 16.5. The predicted octanol–water partition coefficient (Wildman–Crippen LogP) is 6.58. The molecule has 0 saturated carbocycles. The molecule has 2 aromatic carbocycles. The van der Waals surface area contributed by atoms with E-state index in [0.29, 0.717) is 13.0 Å². The summed E-state index contributed by atoms with van der Waals surface area (Å²) < 4.78 is 17.4. The molecule has 1 fully saturated rings. The number of carbonyl (C=O) groups excluding carboxylic acids is 2. The lowest BCUT2D eigenvalue weighted by Gasteiger charge is -2.37. The number of carbonyl (C=O) groups is 2. The Morgan fingerprint density at radius 1 is 0.905 bits per heavy atom. The summed E-state index contributed by atoms with van der Waals surface area (Å²) in [5.74, 6) is 2.60. The second-order valence-electron chi connectivity index (χ2n) is 10.00. The van der Waals surface area contributed by atoms with Crippen molar-refractivity contribution in [1.29, 1.82) is 0 Å². The molecule has 1 aliphatic rings. The Morgan fingerprint density at radius 3 is 2.29 bits per heavy atom. The maximum Gasteiger partial charge on any atom is 0.226 e. The van der Waals surface area contributed by atoms with Crippen LogP contribution in [-0.4, -0.2) is 76.2 Å². The fourth-order valence-corrected chi connectivity index (χ4v) is 5.00. The molecule has 236 valence electrons. The van der Waals surface area contributed by atoms with Crippen molar-refractivity contribution >= 4 is 18.4 Å². The third-order valence-corrected chi connectivity index (χ3v) is 7.12. The molecule has 8 nitrogen and oxygen atoms in total. The molecular weight excluding hydrogens is 530 g/mol. The molecule has 1 heterocycles. The second-order valence-corrected chi connectivity index (χ2v) is 10.00. The van der Waals surface area contributed by atoms with Gasteiger partial charge >= 0.3 is 0 Å². The SMILES string of the molecule is C=O.CC.CCCCCOc1cc(N2CCCN(Cc3ccc(CC(=O)N(CC)CCC)cc3OC)C2)ccc1OC. The highest BCUT2D eigenvalue weighted by molar-refractivity contribution is 5.79. The van der Waals surface area contributed by atoms with Crippen LogP contribution in [0.1, 0.15) is 77.8 Å². The van der Waals surface area contributed by atoms with E-state index in [1.807, 2.05) is 44.6 Å². The average molecular weight is 586 g/mol. The first kappa shape index (κ1) is 36.8. The number of nitrogens with zero attached hydrogens (tertiary/aromatic N) is 3. The van der Waals surface area contributed by atoms with Crippen molar-refractivity contribution in [3.63, 3.8) is 0 Å². The van der Waals surface area contributed by atoms with Gasteiger partial charge in [0.05, 0.1) is 33.9 Å². The number of anilines is 1. The van der Waals surface area contributed by atoms with Gasteiger partial charge in [-0.1, -0.05) is 52.7 Å². The van der Waals surface area contributed by atoms with E-state index < -0.39 is 0 Å². The zero-order valence-electron chi connectivity index (χ0n) is 27.2. The lowest BCUT2D eigenvalue weighted by Crippen LogP contribution is -2.44. The van der Waals surface area contributed by atoms with Gasteiger partial charge in [0.15, 0.2) is 11.5 Å². The van der Waals surface area contributed by atoms with E-state index in [0.717, 1.165) is 92.7 Å². The van der Waals surface area contributed by atoms with Gasteiger partial charge in [-0.15, -0.1) is 0 Å². The molecule has 0 bridgehead atoms. The average Bonchev–Trinajstić information content (AvgIpc) is 3.04. The van der Waals surface area contributed by atoms with Crippen LogP contribution in [0, 0.1) is 0 Å². The van der Waals surface area contributed by atoms with E-state index in [2.05, 4.69) is 47.9 Å². The number of hydrogen-bond acceptors (Lipinski definition) is 7. The van der Waals surface area contributed by atoms with Crippen LogP contribution in [0.3, 0.4) is 0 Å². The zero-order chi connectivity index (χ0) is 31.3. The molecule has 0 spiro atoms. The van der Waals surface area contributed by atoms with Crippen molar-refractivity contribution < 1.29 is 23.8 Å². The first-order valence-corrected chi connectivity index (χ1v) is 15.5. The van der Waals surface area contributed by atoms with Crippen molar-refractivity contribution in [2.75, 3.05) is 58.6 Å². The molecule has 0 aromatic heterocycles. The van der Waals surface area contributed by atoms with Gasteiger partial charge in [0.2, 0.25) is 5.91 Å². The van der Waals surface area contributed by atoms with E-state index in [9.17, 15) is 4.79 Å². The Bertz CT molecular complexity index is 1030. The fourth-order valence-electron chi connectivity index (χ4n) is 5.00. The van der Waals surface area contributed by atoms with Gasteiger partial charge in [0.1, 0.15) is 12.5 Å². The molecule has 2 aromatic rings. The Kier molecular flexibility index (Phi) is 18.8. The van der Waals surface area contributed by atoms with Crippen LogP contribution in [0.4, 0.5) is 5.69 Å². The number of benzene rings is 2. The maximum atomic E-state index is 12.7. The Balaban J connectivity index is 0.00000211. The van der Waals surface area contributed by atoms with Crippen LogP contribution in [0.2, 0.25) is 0 Å². The number of ether oxygens (including phenoxy) is 3. The van der Waals surface area contributed by atoms with E-state index in [1.165, 1.54) is 12.8 Å². The summed E-state index contributed by atoms with van der Waals surface area (Å²) >= 11 is 0. The smallest absolute Gasteiger partial charge is 0.226 e. The highest BCUT2D eigenvalue weighted by Crippen LogP contribution is 2.33. The summed E-state index contributed by atoms with van der Waals surface area (Å²) in [5.41, 5.74) is 3.28. The Hall–Kier alpha value is -3.26. The van der Waals surface area contributed by atoms with Crippen LogP contribution in [0.25, 0.3) is 0 Å². The third-order valence-electron chi connectivity index (χ3n) is 7.12. The summed E-state index contributed by atoms with van der Waals surface area (Å²) in [6.45, 7) is 18.2. The van der Waals surface area contributed by atoms with Gasteiger partial charge < -0.3 is 28.8 Å². The van der Waals surface area contributed by atoms with Gasteiger partial charge in [0.25, 0.3) is 0 Å². The van der Waals surface area contributed by atoms with Crippen LogP contribution < -0.4 is 19.1 Å². The Morgan fingerprint density at radius 2 is 1.64 bits per heavy atom. The summed E-state index contributed by atoms with van der Waals surface area (Å²) in [7, 11) is 3.40. The number of rotatable bonds is 15. The summed E-state index contributed by atoms with van der Waals surface area (Å²) in [6, 6.07) is 12.5. The topological polar surface area (TPSA) is 71.6 Å². The van der Waals surface area contributed by atoms with Gasteiger partial charge in [-0.2, -0.15) is 0 Å². The van der Waals surface area contributed by atoms with E-state index in [1.54, 1.807) is 14.2 Å². The molecule has 0 radical (unpaired) electrons. The number of unbranched alkanes of at least 4 members (excludes halogenated alkanes) is 2. The summed E-state index contributed by atoms with van der Waals surface area (Å²) in [5, 5.41) is 0. The Labute approximate surface area is 254 Å². The first-order chi connectivity index (χ1) is 20.5. The molecule has 0 atom stereocenters. The minimum atomic E-state index is 0.170. The van der Waals surface area contributed by atoms with Crippen molar-refractivity contribution in [2.45, 2.75) is 79.7 Å². The molecule has 1 aliphatic heterocycles. The van der Waals surface area contributed by atoms with E-state index in [-0.39, 0.29) is 5.91 Å². The third kappa shape index (κ3) is 11.6. The van der Waals surface area contributed by atoms with E-state index >= 15 is 0 Å². The van der Waals surface area contributed by atoms with Crippen LogP contribution in [-0.2, 0) is 22.6 Å². The molecule has 8 heteroatoms. The minimum absolute atomic E-state index is 0.170. The fraction of sp³-hybridized carbons (Fsp3) is 0.588. The van der Waals surface area contributed by atoms with Gasteiger partial charge in [-0.3, -0.25) is 9.69 Å². The predicted molar refractivity (Wildman–Crippen MR) is 173 cm³/mol. The largest absolute Gasteiger partial charge is 0.496 e. The number of hydrogen-bond donors (Lipinski definition) is 0. The molecule has 0 N–H and O–H groups in total. The zero-order valence-corrected chi connectivity index (χ0v) is 27.2. The van der Waals surface area contributed by atoms with Crippen molar-refractivity contribution in [2.24, 2.45) is 0 Å². The van der Waals surface area contributed by atoms with E-state index in [4.69, 9.17) is 19.0 Å². The lowest BCUT2D eigenvalue weighted by molar-refractivity contribution is -0.130. The molecule has 42 heavy (non-hydrogen) atoms. The quantitative estimate of drug-likeness (QED) is 0.219. The van der Waals surface area contributed by atoms with Crippen molar-refractivity contribution in [1.82, 2.24) is 9.80 Å². The van der Waals surface area contributed by atoms with Gasteiger partial charge in [-0.05, 0) is 49.9 Å². The van der Waals surface area contributed by atoms with Crippen LogP contribution >= 0.6 is 0 Å². The van der Waals surface area contributed by atoms with Gasteiger partial charge in [-0.25, -0.2) is 0 Å². The summed E-state index contributed by atoms with van der Waals surface area (Å²) in [4.78, 5) is 27.5. The standard InChI is InChI=1S/C31H47N3O4.C2H6.CH2O/c1-6-9-10-19-38-30-22-27(14-15-28(30)36-4)34-18-11-17-32(24-34)23-26-13-12-25(20-29(26)37-5)21-31(35)33(8-3)16-7-2;2*1-2/h12-15,20,22H,6-11,16-19,21,23-24H2,1-5H3;1-2H3;1H2. The second kappa shape index (κ2) is 21.4. The summed E-state index contributed by atoms with van der Waals surface area (Å²) in [6.07, 6.45) is 5.84. The number of methoxy groups -OCH3 is 2. The minimum Gasteiger partial charge on any atom is -0.496 e. The number of amides is 1. The molecule has 1 amide bonds. The number of likely N-dealkylation sites (N-methyl/N-ethyl adjacent to an activating group) is 1. The molecule has 0 unspecified atom stereocenters. The maximum absolute atomic E-state index is 12.7. The normalized spacial score (nSPS) is 12.8. The highest BCUT2D eigenvalue weighted by Gasteiger charge is 2.21. The molecule has 1 saturated heterocycles. The van der Waals surface area contributed by atoms with Gasteiger partial charge in [0, 0.05) is 50.0 Å². The van der Waals surface area contributed by atoms with Crippen LogP contribution in [0.5, 0.6) is 17.2 Å². The first-order valence-electron chi connectivity index (χ1n) is 15.5.